The first-order valence-electron chi connectivity index (χ1n) is 6.76. The highest BCUT2D eigenvalue weighted by Gasteiger charge is 2.31. The first-order chi connectivity index (χ1) is 9.51. The molecule has 4 nitrogen and oxygen atoms in total. The summed E-state index contributed by atoms with van der Waals surface area (Å²) >= 11 is 5.95. The molecular formula is C15H18ClN3O. The fraction of sp³-hybridized carbons (Fsp3) is 0.467. The monoisotopic (exact) mass is 291 g/mol. The normalized spacial score (nSPS) is 14.4. The molecular weight excluding hydrogens is 274 g/mol. The zero-order chi connectivity index (χ0) is 14.7. The topological polar surface area (TPSA) is 56.1 Å². The Morgan fingerprint density at radius 3 is 2.75 bits per heavy atom. The number of nitrogens with zero attached hydrogens (tertiary/aromatic N) is 2. The van der Waals surface area contributed by atoms with Crippen LogP contribution in [0.25, 0.3) is 0 Å². The maximum absolute atomic E-state index is 12.1. The van der Waals surface area contributed by atoms with Crippen LogP contribution in [0.2, 0.25) is 5.02 Å². The average Bonchev–Trinajstić information content (AvgIpc) is 3.20. The van der Waals surface area contributed by atoms with E-state index in [-0.39, 0.29) is 5.91 Å². The van der Waals surface area contributed by atoms with E-state index < -0.39 is 0 Å². The van der Waals surface area contributed by atoms with E-state index in [2.05, 4.69) is 24.1 Å². The fourth-order valence-electron chi connectivity index (χ4n) is 2.19. The van der Waals surface area contributed by atoms with Crippen molar-refractivity contribution in [2.75, 3.05) is 11.9 Å². The molecule has 106 valence electrons. The number of hydrogen-bond donors (Lipinski definition) is 1. The molecule has 1 N–H and O–H groups in total. The van der Waals surface area contributed by atoms with Gasteiger partial charge in [-0.15, -0.1) is 0 Å². The summed E-state index contributed by atoms with van der Waals surface area (Å²) in [6, 6.07) is 7.81. The molecule has 2 rings (SSSR count). The number of nitriles is 1. The smallest absolute Gasteiger partial charge is 0.238 e. The Morgan fingerprint density at radius 1 is 1.55 bits per heavy atom. The molecule has 0 unspecified atom stereocenters. The summed E-state index contributed by atoms with van der Waals surface area (Å²) in [5, 5.41) is 12.0. The van der Waals surface area contributed by atoms with Crippen molar-refractivity contribution in [2.45, 2.75) is 38.8 Å². The number of carbonyl (C=O) groups is 1. The molecule has 0 aliphatic heterocycles. The third-order valence-electron chi connectivity index (χ3n) is 3.38. The van der Waals surface area contributed by atoms with Crippen molar-refractivity contribution in [2.24, 2.45) is 0 Å². The molecule has 1 saturated carbocycles. The number of anilines is 1. The summed E-state index contributed by atoms with van der Waals surface area (Å²) < 4.78 is 0. The van der Waals surface area contributed by atoms with Gasteiger partial charge in [-0.1, -0.05) is 11.6 Å². The molecule has 1 amide bonds. The Labute approximate surface area is 124 Å². The summed E-state index contributed by atoms with van der Waals surface area (Å²) in [6.45, 7) is 4.59. The number of halogens is 1. The van der Waals surface area contributed by atoms with Crippen LogP contribution >= 0.6 is 11.6 Å². The van der Waals surface area contributed by atoms with E-state index in [9.17, 15) is 4.79 Å². The van der Waals surface area contributed by atoms with E-state index in [0.717, 1.165) is 0 Å². The number of benzene rings is 1. The Morgan fingerprint density at radius 2 is 2.25 bits per heavy atom. The number of carbonyl (C=O) groups excluding carboxylic acids is 1. The number of amides is 1. The predicted molar refractivity (Wildman–Crippen MR) is 79.7 cm³/mol. The number of hydrogen-bond acceptors (Lipinski definition) is 3. The Hall–Kier alpha value is -1.57. The summed E-state index contributed by atoms with van der Waals surface area (Å²) in [5.41, 5.74) is 1.03. The molecule has 0 atom stereocenters. The highest BCUT2D eigenvalue weighted by atomic mass is 35.5. The van der Waals surface area contributed by atoms with Gasteiger partial charge in [-0.25, -0.2) is 0 Å². The van der Waals surface area contributed by atoms with Gasteiger partial charge in [-0.2, -0.15) is 5.26 Å². The maximum Gasteiger partial charge on any atom is 0.238 e. The molecule has 5 heteroatoms. The predicted octanol–water partition coefficient (Wildman–Crippen LogP) is 3.02. The van der Waals surface area contributed by atoms with Crippen LogP contribution in [0.1, 0.15) is 32.3 Å². The lowest BCUT2D eigenvalue weighted by Crippen LogP contribution is -2.39. The molecule has 1 aliphatic rings. The minimum Gasteiger partial charge on any atom is -0.325 e. The third kappa shape index (κ3) is 3.72. The lowest BCUT2D eigenvalue weighted by molar-refractivity contribution is -0.117. The average molecular weight is 292 g/mol. The second-order valence-electron chi connectivity index (χ2n) is 5.35. The minimum atomic E-state index is -0.0497. The second kappa shape index (κ2) is 6.25. The zero-order valence-electron chi connectivity index (χ0n) is 11.7. The largest absolute Gasteiger partial charge is 0.325 e. The summed E-state index contributed by atoms with van der Waals surface area (Å²) in [6.07, 6.45) is 2.35. The van der Waals surface area contributed by atoms with Gasteiger partial charge < -0.3 is 5.32 Å². The van der Waals surface area contributed by atoms with Crippen LogP contribution in [0, 0.1) is 11.3 Å². The highest BCUT2D eigenvalue weighted by Crippen LogP contribution is 2.28. The standard InChI is InChI=1S/C15H18ClN3O/c1-10(2)19(13-5-6-13)9-15(20)18-12-4-3-11(8-17)14(16)7-12/h3-4,7,10,13H,5-6,9H2,1-2H3,(H,18,20). The second-order valence-corrected chi connectivity index (χ2v) is 5.76. The molecule has 0 radical (unpaired) electrons. The molecule has 1 fully saturated rings. The van der Waals surface area contributed by atoms with E-state index in [0.29, 0.717) is 34.9 Å². The quantitative estimate of drug-likeness (QED) is 0.907. The Kier molecular flexibility index (Phi) is 4.64. The van der Waals surface area contributed by atoms with Gasteiger partial charge in [0.15, 0.2) is 0 Å². The molecule has 0 heterocycles. The first-order valence-corrected chi connectivity index (χ1v) is 7.14. The van der Waals surface area contributed by atoms with Crippen LogP contribution in [0.4, 0.5) is 5.69 Å². The first kappa shape index (κ1) is 14.8. The molecule has 0 spiro atoms. The van der Waals surface area contributed by atoms with Crippen LogP contribution in [0.3, 0.4) is 0 Å². The van der Waals surface area contributed by atoms with E-state index in [1.165, 1.54) is 12.8 Å². The Balaban J connectivity index is 1.97. The highest BCUT2D eigenvalue weighted by molar-refractivity contribution is 6.32. The van der Waals surface area contributed by atoms with Crippen molar-refractivity contribution in [1.82, 2.24) is 4.90 Å². The van der Waals surface area contributed by atoms with Gasteiger partial charge in [-0.05, 0) is 44.9 Å². The van der Waals surface area contributed by atoms with Gasteiger partial charge in [0.1, 0.15) is 6.07 Å². The fourth-order valence-corrected chi connectivity index (χ4v) is 2.41. The van der Waals surface area contributed by atoms with Crippen LogP contribution in [0.5, 0.6) is 0 Å². The SMILES string of the molecule is CC(C)N(CC(=O)Nc1ccc(C#N)c(Cl)c1)C1CC1. The molecule has 0 saturated heterocycles. The van der Waals surface area contributed by atoms with Gasteiger partial charge in [0.25, 0.3) is 0 Å². The minimum absolute atomic E-state index is 0.0497. The summed E-state index contributed by atoms with van der Waals surface area (Å²) in [7, 11) is 0. The van der Waals surface area contributed by atoms with Gasteiger partial charge >= 0.3 is 0 Å². The van der Waals surface area contributed by atoms with Gasteiger partial charge in [-0.3, -0.25) is 9.69 Å². The third-order valence-corrected chi connectivity index (χ3v) is 3.69. The van der Waals surface area contributed by atoms with E-state index in [1.807, 2.05) is 6.07 Å². The summed E-state index contributed by atoms with van der Waals surface area (Å²) in [4.78, 5) is 14.3. The molecule has 0 bridgehead atoms. The zero-order valence-corrected chi connectivity index (χ0v) is 12.4. The maximum atomic E-state index is 12.1. The van der Waals surface area contributed by atoms with Crippen molar-refractivity contribution in [3.63, 3.8) is 0 Å². The van der Waals surface area contributed by atoms with Crippen LogP contribution in [0.15, 0.2) is 18.2 Å². The molecule has 1 aromatic carbocycles. The van der Waals surface area contributed by atoms with E-state index >= 15 is 0 Å². The Bertz CT molecular complexity index is 545. The van der Waals surface area contributed by atoms with Gasteiger partial charge in [0.05, 0.1) is 17.1 Å². The lowest BCUT2D eigenvalue weighted by atomic mass is 10.2. The van der Waals surface area contributed by atoms with E-state index in [4.69, 9.17) is 16.9 Å². The van der Waals surface area contributed by atoms with Gasteiger partial charge in [0.2, 0.25) is 5.91 Å². The van der Waals surface area contributed by atoms with Crippen molar-refractivity contribution >= 4 is 23.2 Å². The van der Waals surface area contributed by atoms with Crippen LogP contribution in [-0.4, -0.2) is 29.4 Å². The van der Waals surface area contributed by atoms with Crippen LogP contribution in [-0.2, 0) is 4.79 Å². The molecule has 1 aliphatic carbocycles. The van der Waals surface area contributed by atoms with Crippen molar-refractivity contribution in [1.29, 1.82) is 5.26 Å². The number of rotatable bonds is 5. The molecule has 0 aromatic heterocycles. The summed E-state index contributed by atoms with van der Waals surface area (Å²) in [5.74, 6) is -0.0497. The molecule has 20 heavy (non-hydrogen) atoms. The van der Waals surface area contributed by atoms with Crippen molar-refractivity contribution in [3.8, 4) is 6.07 Å². The van der Waals surface area contributed by atoms with Crippen molar-refractivity contribution in [3.05, 3.63) is 28.8 Å². The van der Waals surface area contributed by atoms with Crippen molar-refractivity contribution < 1.29 is 4.79 Å². The molecule has 1 aromatic rings. The van der Waals surface area contributed by atoms with Crippen LogP contribution < -0.4 is 5.32 Å². The number of nitrogens with one attached hydrogen (secondary N) is 1. The lowest BCUT2D eigenvalue weighted by Gasteiger charge is -2.25. The van der Waals surface area contributed by atoms with Gasteiger partial charge in [0, 0.05) is 17.8 Å². The van der Waals surface area contributed by atoms with E-state index in [1.54, 1.807) is 18.2 Å².